The second-order valence-electron chi connectivity index (χ2n) is 6.18. The van der Waals surface area contributed by atoms with Gasteiger partial charge in [0.1, 0.15) is 9.72 Å². The summed E-state index contributed by atoms with van der Waals surface area (Å²) < 4.78 is 2.76. The van der Waals surface area contributed by atoms with E-state index in [1.807, 2.05) is 23.9 Å². The van der Waals surface area contributed by atoms with Crippen molar-refractivity contribution in [2.24, 2.45) is 0 Å². The minimum absolute atomic E-state index is 0. The number of rotatable bonds is 4. The molecule has 0 amide bonds. The van der Waals surface area contributed by atoms with E-state index >= 15 is 0 Å². The van der Waals surface area contributed by atoms with E-state index in [1.54, 1.807) is 15.4 Å². The van der Waals surface area contributed by atoms with Crippen molar-refractivity contribution in [1.29, 1.82) is 0 Å². The van der Waals surface area contributed by atoms with E-state index in [0.717, 1.165) is 28.2 Å². The average molecular weight is 451 g/mol. The van der Waals surface area contributed by atoms with Crippen molar-refractivity contribution in [3.63, 3.8) is 0 Å². The molecule has 0 saturated carbocycles. The standard InChI is InChI=1S/C21H19Cl2N2S2.H2O/c1-3-14(12-19-24(4-2)16-9-5-6-10-17(16)26-19)13-20-25(23)21-15(22)8-7-11-18(21)27-20;/h5-13H,3-4H2,1-2H3;1H2/q+1;/p-1. The zero-order valence-electron chi connectivity index (χ0n) is 15.5. The van der Waals surface area contributed by atoms with Crippen molar-refractivity contribution < 1.29 is 9.56 Å². The second-order valence-corrected chi connectivity index (χ2v) is 9.05. The third kappa shape index (κ3) is 3.82. The molecule has 3 aromatic rings. The summed E-state index contributed by atoms with van der Waals surface area (Å²) in [5.74, 6) is 0. The summed E-state index contributed by atoms with van der Waals surface area (Å²) in [5, 5.41) is 2.91. The number of thioether (sulfide) groups is 1. The van der Waals surface area contributed by atoms with Gasteiger partial charge in [-0.15, -0.1) is 0 Å². The number of anilines is 1. The minimum atomic E-state index is 0. The number of hydrogen-bond donors (Lipinski definition) is 0. The molecule has 0 spiro atoms. The Morgan fingerprint density at radius 1 is 1.14 bits per heavy atom. The van der Waals surface area contributed by atoms with Crippen LogP contribution >= 0.6 is 46.5 Å². The van der Waals surface area contributed by atoms with Crippen molar-refractivity contribution in [3.05, 3.63) is 69.2 Å². The molecule has 28 heavy (non-hydrogen) atoms. The topological polar surface area (TPSA) is 37.1 Å². The van der Waals surface area contributed by atoms with Gasteiger partial charge >= 0.3 is 0 Å². The van der Waals surface area contributed by atoms with E-state index in [0.29, 0.717) is 5.02 Å². The van der Waals surface area contributed by atoms with Gasteiger partial charge in [-0.3, -0.25) is 0 Å². The van der Waals surface area contributed by atoms with Crippen LogP contribution in [0.2, 0.25) is 5.02 Å². The fourth-order valence-corrected chi connectivity index (χ4v) is 6.16. The molecule has 1 aliphatic rings. The Morgan fingerprint density at radius 3 is 2.64 bits per heavy atom. The number of hydrogen-bond acceptors (Lipinski definition) is 4. The molecule has 3 nitrogen and oxygen atoms in total. The number of halogens is 2. The molecule has 2 heterocycles. The monoisotopic (exact) mass is 450 g/mol. The first kappa shape index (κ1) is 21.2. The highest BCUT2D eigenvalue weighted by Gasteiger charge is 2.24. The number of thiazole rings is 1. The minimum Gasteiger partial charge on any atom is -0.870 e. The molecule has 0 radical (unpaired) electrons. The van der Waals surface area contributed by atoms with Gasteiger partial charge in [0.25, 0.3) is 22.3 Å². The van der Waals surface area contributed by atoms with Gasteiger partial charge in [0.05, 0.1) is 10.7 Å². The van der Waals surface area contributed by atoms with Crippen LogP contribution in [0.15, 0.2) is 64.0 Å². The Morgan fingerprint density at radius 2 is 1.93 bits per heavy atom. The van der Waals surface area contributed by atoms with Crippen LogP contribution in [0, 0.1) is 0 Å². The van der Waals surface area contributed by atoms with E-state index in [2.05, 4.69) is 61.2 Å². The number of aromatic nitrogens is 1. The van der Waals surface area contributed by atoms with Gasteiger partial charge in [0.15, 0.2) is 0 Å². The van der Waals surface area contributed by atoms with Crippen LogP contribution in [0.5, 0.6) is 0 Å². The maximum absolute atomic E-state index is 6.57. The van der Waals surface area contributed by atoms with Crippen LogP contribution in [0.4, 0.5) is 5.69 Å². The van der Waals surface area contributed by atoms with Crippen LogP contribution in [0.1, 0.15) is 25.3 Å². The summed E-state index contributed by atoms with van der Waals surface area (Å²) in [4.78, 5) is 3.67. The molecule has 2 aromatic carbocycles. The number of fused-ring (bicyclic) bond motifs is 2. The molecule has 146 valence electrons. The Balaban J connectivity index is 0.00000225. The summed E-state index contributed by atoms with van der Waals surface area (Å²) in [7, 11) is 0. The van der Waals surface area contributed by atoms with Gasteiger partial charge in [0, 0.05) is 17.5 Å². The molecule has 0 fully saturated rings. The molecule has 0 unspecified atom stereocenters. The molecular formula is C21H20Cl2N2OS2. The van der Waals surface area contributed by atoms with Crippen molar-refractivity contribution in [2.45, 2.75) is 25.2 Å². The molecule has 4 rings (SSSR count). The second kappa shape index (κ2) is 8.89. The Hall–Kier alpha value is -1.50. The van der Waals surface area contributed by atoms with E-state index in [1.165, 1.54) is 21.2 Å². The molecule has 1 aliphatic heterocycles. The van der Waals surface area contributed by atoms with Crippen LogP contribution in [0.25, 0.3) is 16.3 Å². The Bertz CT molecular complexity index is 1080. The van der Waals surface area contributed by atoms with Crippen LogP contribution < -0.4 is 8.99 Å². The first-order valence-electron chi connectivity index (χ1n) is 8.88. The lowest BCUT2D eigenvalue weighted by Crippen LogP contribution is -2.21. The van der Waals surface area contributed by atoms with Crippen molar-refractivity contribution in [3.8, 4) is 0 Å². The Labute approximate surface area is 183 Å². The SMILES string of the molecule is CCC(=Cc1sc2cccc(Cl)c2[n+]1Cl)C=C1Sc2ccccc2N1CC.[OH-]. The predicted octanol–water partition coefficient (Wildman–Crippen LogP) is 6.93. The highest BCUT2D eigenvalue weighted by molar-refractivity contribution is 8.03. The van der Waals surface area contributed by atoms with Crippen molar-refractivity contribution in [1.82, 2.24) is 0 Å². The van der Waals surface area contributed by atoms with Crippen molar-refractivity contribution >= 4 is 68.5 Å². The molecule has 0 bridgehead atoms. The number of allylic oxidation sites excluding steroid dienone is 2. The van der Waals surface area contributed by atoms with Crippen LogP contribution in [-0.4, -0.2) is 12.0 Å². The lowest BCUT2D eigenvalue weighted by molar-refractivity contribution is -0.485. The van der Waals surface area contributed by atoms with Crippen molar-refractivity contribution in [2.75, 3.05) is 11.4 Å². The lowest BCUT2D eigenvalue weighted by atomic mass is 10.2. The van der Waals surface area contributed by atoms with E-state index < -0.39 is 0 Å². The van der Waals surface area contributed by atoms with Gasteiger partial charge in [-0.1, -0.05) is 63.9 Å². The fraction of sp³-hybridized carbons (Fsp3) is 0.190. The summed E-state index contributed by atoms with van der Waals surface area (Å²) in [6.45, 7) is 5.30. The smallest absolute Gasteiger partial charge is 0.284 e. The summed E-state index contributed by atoms with van der Waals surface area (Å²) in [6, 6.07) is 14.4. The lowest BCUT2D eigenvalue weighted by Gasteiger charge is -2.18. The molecule has 0 atom stereocenters. The van der Waals surface area contributed by atoms with Gasteiger partial charge in [-0.25, -0.2) is 0 Å². The molecule has 1 aromatic heterocycles. The largest absolute Gasteiger partial charge is 0.870 e. The molecule has 0 aliphatic carbocycles. The van der Waals surface area contributed by atoms with Crippen LogP contribution in [-0.2, 0) is 0 Å². The number of nitrogens with zero attached hydrogens (tertiary/aromatic N) is 2. The molecule has 7 heteroatoms. The van der Waals surface area contributed by atoms with Gasteiger partial charge in [-0.05, 0) is 49.3 Å². The zero-order chi connectivity index (χ0) is 19.0. The first-order chi connectivity index (χ1) is 13.1. The summed E-state index contributed by atoms with van der Waals surface area (Å²) in [5.41, 5.74) is 3.40. The average Bonchev–Trinajstić information content (AvgIpc) is 3.19. The van der Waals surface area contributed by atoms with E-state index in [4.69, 9.17) is 23.4 Å². The van der Waals surface area contributed by atoms with Crippen LogP contribution in [0.3, 0.4) is 0 Å². The fourth-order valence-electron chi connectivity index (χ4n) is 3.17. The normalized spacial score (nSPS) is 15.2. The first-order valence-corrected chi connectivity index (χ1v) is 11.2. The van der Waals surface area contributed by atoms with E-state index in [-0.39, 0.29) is 5.48 Å². The van der Waals surface area contributed by atoms with Gasteiger partial charge < -0.3 is 10.4 Å². The summed E-state index contributed by atoms with van der Waals surface area (Å²) in [6.07, 6.45) is 5.37. The maximum Gasteiger partial charge on any atom is 0.284 e. The molecule has 1 N–H and O–H groups in total. The van der Waals surface area contributed by atoms with E-state index in [9.17, 15) is 0 Å². The number of para-hydroxylation sites is 2. The highest BCUT2D eigenvalue weighted by atomic mass is 35.5. The third-order valence-corrected chi connectivity index (χ3v) is 7.46. The molecule has 0 saturated heterocycles. The summed E-state index contributed by atoms with van der Waals surface area (Å²) >= 11 is 16.4. The Kier molecular flexibility index (Phi) is 6.73. The third-order valence-electron chi connectivity index (χ3n) is 4.53. The number of benzene rings is 2. The highest BCUT2D eigenvalue weighted by Crippen LogP contribution is 2.46. The van der Waals surface area contributed by atoms with Gasteiger partial charge in [0.2, 0.25) is 0 Å². The molecular weight excluding hydrogens is 431 g/mol. The predicted molar refractivity (Wildman–Crippen MR) is 122 cm³/mol. The maximum atomic E-state index is 6.57. The zero-order valence-corrected chi connectivity index (χ0v) is 18.7. The quantitative estimate of drug-likeness (QED) is 0.431. The van der Waals surface area contributed by atoms with Gasteiger partial charge in [-0.2, -0.15) is 0 Å².